The Kier molecular flexibility index (Phi) is 6.31. The molecule has 3 amide bonds. The molecule has 0 aliphatic rings. The Morgan fingerprint density at radius 1 is 1.00 bits per heavy atom. The van der Waals surface area contributed by atoms with Gasteiger partial charge in [0.15, 0.2) is 6.04 Å². The van der Waals surface area contributed by atoms with Crippen molar-refractivity contribution in [2.45, 2.75) is 32.4 Å². The SMILES string of the molecule is CC(C)c1ccc(C[NH+](C)[C@@H](C(=O)NC(N)=O)c2ccccc2)cc1. The molecule has 5 heteroatoms. The van der Waals surface area contributed by atoms with E-state index >= 15 is 0 Å². The van der Waals surface area contributed by atoms with Gasteiger partial charge in [0.2, 0.25) is 0 Å². The summed E-state index contributed by atoms with van der Waals surface area (Å²) in [5.74, 6) is 0.0903. The number of carbonyl (C=O) groups excluding carboxylic acids is 2. The lowest BCUT2D eigenvalue weighted by molar-refractivity contribution is -0.916. The predicted octanol–water partition coefficient (Wildman–Crippen LogP) is 1.76. The van der Waals surface area contributed by atoms with Crippen LogP contribution in [0.4, 0.5) is 4.79 Å². The number of carbonyl (C=O) groups is 2. The lowest BCUT2D eigenvalue weighted by Gasteiger charge is -2.24. The van der Waals surface area contributed by atoms with Crippen molar-refractivity contribution in [2.75, 3.05) is 7.05 Å². The molecule has 4 N–H and O–H groups in total. The van der Waals surface area contributed by atoms with Crippen LogP contribution in [-0.2, 0) is 11.3 Å². The summed E-state index contributed by atoms with van der Waals surface area (Å²) in [6.07, 6.45) is 0. The number of primary amides is 1. The van der Waals surface area contributed by atoms with Crippen LogP contribution in [0.25, 0.3) is 0 Å². The second-order valence-electron chi connectivity index (χ2n) is 6.62. The topological polar surface area (TPSA) is 76.6 Å². The van der Waals surface area contributed by atoms with E-state index in [1.54, 1.807) is 0 Å². The number of imide groups is 1. The van der Waals surface area contributed by atoms with E-state index in [9.17, 15) is 9.59 Å². The third-order valence-corrected chi connectivity index (χ3v) is 4.26. The largest absolute Gasteiger partial charge is 0.351 e. The number of urea groups is 1. The van der Waals surface area contributed by atoms with Gasteiger partial charge in [0.25, 0.3) is 5.91 Å². The van der Waals surface area contributed by atoms with Gasteiger partial charge in [-0.15, -0.1) is 0 Å². The Balaban J connectivity index is 2.21. The van der Waals surface area contributed by atoms with E-state index in [2.05, 4.69) is 43.4 Å². The van der Waals surface area contributed by atoms with Gasteiger partial charge >= 0.3 is 6.03 Å². The molecule has 2 aromatic carbocycles. The maximum atomic E-state index is 12.5. The van der Waals surface area contributed by atoms with E-state index in [1.807, 2.05) is 37.4 Å². The van der Waals surface area contributed by atoms with Crippen molar-refractivity contribution in [3.63, 3.8) is 0 Å². The highest BCUT2D eigenvalue weighted by Gasteiger charge is 2.29. The van der Waals surface area contributed by atoms with Gasteiger partial charge in [-0.2, -0.15) is 0 Å². The van der Waals surface area contributed by atoms with Crippen molar-refractivity contribution in [3.05, 3.63) is 71.3 Å². The molecule has 0 saturated heterocycles. The Labute approximate surface area is 148 Å². The number of hydrogen-bond acceptors (Lipinski definition) is 2. The highest BCUT2D eigenvalue weighted by Crippen LogP contribution is 2.15. The summed E-state index contributed by atoms with van der Waals surface area (Å²) in [4.78, 5) is 24.6. The summed E-state index contributed by atoms with van der Waals surface area (Å²) in [6, 6.07) is 16.5. The average Bonchev–Trinajstić information content (AvgIpc) is 2.55. The Bertz CT molecular complexity index is 711. The molecule has 0 aliphatic heterocycles. The fraction of sp³-hybridized carbons (Fsp3) is 0.300. The molecule has 2 rings (SSSR count). The molecule has 0 aliphatic carbocycles. The van der Waals surface area contributed by atoms with Crippen LogP contribution >= 0.6 is 0 Å². The number of quaternary nitrogens is 1. The molecule has 0 aromatic heterocycles. The number of likely N-dealkylation sites (N-methyl/N-ethyl adjacent to an activating group) is 1. The van der Waals surface area contributed by atoms with E-state index in [0.29, 0.717) is 12.5 Å². The number of rotatable bonds is 6. The van der Waals surface area contributed by atoms with Crippen molar-refractivity contribution in [3.8, 4) is 0 Å². The number of hydrogen-bond donors (Lipinski definition) is 3. The molecule has 25 heavy (non-hydrogen) atoms. The fourth-order valence-electron chi connectivity index (χ4n) is 2.94. The third-order valence-electron chi connectivity index (χ3n) is 4.26. The van der Waals surface area contributed by atoms with E-state index < -0.39 is 18.0 Å². The molecule has 2 aromatic rings. The van der Waals surface area contributed by atoms with Crippen molar-refractivity contribution in [2.24, 2.45) is 5.73 Å². The van der Waals surface area contributed by atoms with Gasteiger partial charge in [0.05, 0.1) is 7.05 Å². The first-order valence-electron chi connectivity index (χ1n) is 8.45. The Hall–Kier alpha value is -2.66. The second-order valence-corrected chi connectivity index (χ2v) is 6.62. The maximum absolute atomic E-state index is 12.5. The fourth-order valence-corrected chi connectivity index (χ4v) is 2.94. The normalized spacial score (nSPS) is 13.3. The summed E-state index contributed by atoms with van der Waals surface area (Å²) in [6.45, 7) is 4.97. The van der Waals surface area contributed by atoms with Crippen LogP contribution in [0.15, 0.2) is 54.6 Å². The molecule has 0 saturated carbocycles. The molecule has 0 heterocycles. The quantitative estimate of drug-likeness (QED) is 0.749. The molecule has 5 nitrogen and oxygen atoms in total. The molecule has 0 bridgehead atoms. The van der Waals surface area contributed by atoms with E-state index in [-0.39, 0.29) is 0 Å². The van der Waals surface area contributed by atoms with Crippen LogP contribution in [0.2, 0.25) is 0 Å². The first-order chi connectivity index (χ1) is 11.9. The standard InChI is InChI=1S/C20H25N3O2/c1-14(2)16-11-9-15(10-12-16)13-23(3)18(19(24)22-20(21)25)17-7-5-4-6-8-17/h4-12,14,18H,13H2,1-3H3,(H3,21,22,24,25)/p+1/t18-/m1/s1. The molecule has 2 atom stereocenters. The smallest absolute Gasteiger partial charge is 0.319 e. The average molecular weight is 340 g/mol. The molecule has 1 unspecified atom stereocenters. The first-order valence-corrected chi connectivity index (χ1v) is 8.45. The summed E-state index contributed by atoms with van der Waals surface area (Å²) in [5.41, 5.74) is 8.39. The van der Waals surface area contributed by atoms with Crippen LogP contribution in [0, 0.1) is 0 Å². The van der Waals surface area contributed by atoms with Crippen LogP contribution < -0.4 is 16.0 Å². The zero-order valence-corrected chi connectivity index (χ0v) is 15.0. The van der Waals surface area contributed by atoms with E-state index in [1.165, 1.54) is 5.56 Å². The summed E-state index contributed by atoms with van der Waals surface area (Å²) >= 11 is 0. The lowest BCUT2D eigenvalue weighted by Crippen LogP contribution is -3.09. The molecule has 0 radical (unpaired) electrons. The van der Waals surface area contributed by atoms with Crippen molar-refractivity contribution in [1.29, 1.82) is 0 Å². The van der Waals surface area contributed by atoms with Crippen LogP contribution in [0.1, 0.15) is 42.5 Å². The molecule has 132 valence electrons. The van der Waals surface area contributed by atoms with Crippen LogP contribution in [-0.4, -0.2) is 19.0 Å². The zero-order valence-electron chi connectivity index (χ0n) is 15.0. The third kappa shape index (κ3) is 5.16. The minimum absolute atomic E-state index is 0.394. The van der Waals surface area contributed by atoms with E-state index in [4.69, 9.17) is 5.73 Å². The molecular formula is C20H26N3O2+. The van der Waals surface area contributed by atoms with Gasteiger partial charge < -0.3 is 10.6 Å². The summed E-state index contributed by atoms with van der Waals surface area (Å²) < 4.78 is 0. The summed E-state index contributed by atoms with van der Waals surface area (Å²) in [5, 5.41) is 2.21. The van der Waals surface area contributed by atoms with Gasteiger partial charge in [-0.05, 0) is 11.5 Å². The van der Waals surface area contributed by atoms with Crippen molar-refractivity contribution < 1.29 is 14.5 Å². The van der Waals surface area contributed by atoms with Crippen LogP contribution in [0.5, 0.6) is 0 Å². The van der Waals surface area contributed by atoms with Gasteiger partial charge in [-0.3, -0.25) is 10.1 Å². The molecular weight excluding hydrogens is 314 g/mol. The zero-order chi connectivity index (χ0) is 18.4. The van der Waals surface area contributed by atoms with E-state index in [0.717, 1.165) is 16.0 Å². The first kappa shape index (κ1) is 18.7. The van der Waals surface area contributed by atoms with Gasteiger partial charge in [0, 0.05) is 11.1 Å². The maximum Gasteiger partial charge on any atom is 0.319 e. The Morgan fingerprint density at radius 3 is 2.12 bits per heavy atom. The lowest BCUT2D eigenvalue weighted by atomic mass is 10.0. The van der Waals surface area contributed by atoms with Crippen molar-refractivity contribution in [1.82, 2.24) is 5.32 Å². The van der Waals surface area contributed by atoms with Crippen molar-refractivity contribution >= 4 is 11.9 Å². The predicted molar refractivity (Wildman–Crippen MR) is 98.0 cm³/mol. The van der Waals surface area contributed by atoms with Gasteiger partial charge in [0.1, 0.15) is 6.54 Å². The number of benzene rings is 2. The van der Waals surface area contributed by atoms with Crippen LogP contribution in [0.3, 0.4) is 0 Å². The number of amides is 3. The van der Waals surface area contributed by atoms with Gasteiger partial charge in [-0.1, -0.05) is 68.4 Å². The minimum Gasteiger partial charge on any atom is -0.351 e. The van der Waals surface area contributed by atoms with Gasteiger partial charge in [-0.25, -0.2) is 4.79 Å². The Morgan fingerprint density at radius 2 is 1.60 bits per heavy atom. The highest BCUT2D eigenvalue weighted by molar-refractivity contribution is 5.96. The second kappa shape index (κ2) is 8.44. The highest BCUT2D eigenvalue weighted by atomic mass is 16.2. The molecule has 0 fully saturated rings. The molecule has 0 spiro atoms. The monoisotopic (exact) mass is 340 g/mol. The number of nitrogens with one attached hydrogen (secondary N) is 2. The minimum atomic E-state index is -0.833. The number of nitrogens with two attached hydrogens (primary N) is 1. The summed E-state index contributed by atoms with van der Waals surface area (Å²) in [7, 11) is 1.94.